The summed E-state index contributed by atoms with van der Waals surface area (Å²) in [6, 6.07) is 0. The summed E-state index contributed by atoms with van der Waals surface area (Å²) in [5.74, 6) is 1.50. The molecule has 0 amide bonds. The smallest absolute Gasteiger partial charge is 0.262 e. The van der Waals surface area contributed by atoms with E-state index in [-0.39, 0.29) is 5.56 Å². The Hall–Kier alpha value is -1.20. The Morgan fingerprint density at radius 3 is 3.06 bits per heavy atom. The molecule has 2 aromatic heterocycles. The van der Waals surface area contributed by atoms with E-state index in [9.17, 15) is 4.79 Å². The van der Waals surface area contributed by atoms with Crippen molar-refractivity contribution < 1.29 is 0 Å². The molecule has 4 rings (SSSR count). The Kier molecular flexibility index (Phi) is 2.17. The quantitative estimate of drug-likeness (QED) is 0.846. The molecule has 1 fully saturated rings. The van der Waals surface area contributed by atoms with Gasteiger partial charge in [-0.3, -0.25) is 9.36 Å². The van der Waals surface area contributed by atoms with E-state index in [0.29, 0.717) is 5.92 Å². The van der Waals surface area contributed by atoms with E-state index in [2.05, 4.69) is 5.32 Å². The maximum absolute atomic E-state index is 12.5. The highest BCUT2D eigenvalue weighted by Crippen LogP contribution is 2.39. The van der Waals surface area contributed by atoms with Gasteiger partial charge >= 0.3 is 0 Å². The minimum Gasteiger partial charge on any atom is -0.312 e. The molecule has 1 N–H and O–H groups in total. The van der Waals surface area contributed by atoms with Crippen LogP contribution in [0.5, 0.6) is 0 Å². The van der Waals surface area contributed by atoms with Gasteiger partial charge in [0.25, 0.3) is 5.56 Å². The second kappa shape index (κ2) is 3.65. The summed E-state index contributed by atoms with van der Waals surface area (Å²) in [6.45, 7) is 1.85. The number of thiophene rings is 1. The van der Waals surface area contributed by atoms with Gasteiger partial charge in [-0.25, -0.2) is 4.98 Å². The molecular weight excluding hydrogens is 246 g/mol. The molecule has 0 atom stereocenters. The third-order valence-corrected chi connectivity index (χ3v) is 5.06. The van der Waals surface area contributed by atoms with Crippen LogP contribution in [0.2, 0.25) is 0 Å². The first-order chi connectivity index (χ1) is 8.75. The van der Waals surface area contributed by atoms with Crippen LogP contribution in [0.25, 0.3) is 10.2 Å². The molecule has 4 nitrogen and oxygen atoms in total. The van der Waals surface area contributed by atoms with Crippen molar-refractivity contribution in [2.75, 3.05) is 6.54 Å². The minimum atomic E-state index is 0.154. The van der Waals surface area contributed by atoms with Crippen molar-refractivity contribution in [3.63, 3.8) is 0 Å². The molecular formula is C13H15N3OS. The Morgan fingerprint density at radius 2 is 2.28 bits per heavy atom. The normalized spacial score (nSPS) is 19.2. The summed E-state index contributed by atoms with van der Waals surface area (Å²) in [6.07, 6.45) is 3.31. The van der Waals surface area contributed by atoms with Crippen molar-refractivity contribution >= 4 is 21.6 Å². The van der Waals surface area contributed by atoms with Crippen LogP contribution in [-0.4, -0.2) is 16.1 Å². The molecule has 18 heavy (non-hydrogen) atoms. The highest BCUT2D eigenvalue weighted by atomic mass is 32.1. The number of nitrogens with zero attached hydrogens (tertiary/aromatic N) is 2. The summed E-state index contributed by atoms with van der Waals surface area (Å²) in [7, 11) is 1.87. The van der Waals surface area contributed by atoms with Gasteiger partial charge in [0.2, 0.25) is 0 Å². The molecule has 94 valence electrons. The van der Waals surface area contributed by atoms with Gasteiger partial charge in [-0.05, 0) is 31.4 Å². The summed E-state index contributed by atoms with van der Waals surface area (Å²) in [5, 5.41) is 4.24. The van der Waals surface area contributed by atoms with Crippen molar-refractivity contribution in [1.29, 1.82) is 0 Å². The standard InChI is InChI=1S/C13H15N3OS/c1-16-11(7-2-3-7)15-12-10(13(16)17)8-4-5-14-6-9(8)18-12/h7,14H,2-6H2,1H3. The lowest BCUT2D eigenvalue weighted by atomic mass is 10.1. The highest BCUT2D eigenvalue weighted by Gasteiger charge is 2.30. The Bertz CT molecular complexity index is 696. The fraction of sp³-hybridized carbons (Fsp3) is 0.538. The van der Waals surface area contributed by atoms with Crippen LogP contribution in [-0.2, 0) is 20.0 Å². The van der Waals surface area contributed by atoms with E-state index >= 15 is 0 Å². The summed E-state index contributed by atoms with van der Waals surface area (Å²) in [4.78, 5) is 19.5. The lowest BCUT2D eigenvalue weighted by molar-refractivity contribution is 0.656. The molecule has 0 saturated heterocycles. The second-order valence-electron chi connectivity index (χ2n) is 5.22. The number of rotatable bonds is 1. The van der Waals surface area contributed by atoms with Crippen LogP contribution >= 0.6 is 11.3 Å². The average Bonchev–Trinajstić information content (AvgIpc) is 3.14. The maximum Gasteiger partial charge on any atom is 0.262 e. The zero-order valence-electron chi connectivity index (χ0n) is 10.3. The highest BCUT2D eigenvalue weighted by molar-refractivity contribution is 7.18. The number of aromatic nitrogens is 2. The van der Waals surface area contributed by atoms with Gasteiger partial charge in [-0.1, -0.05) is 0 Å². The van der Waals surface area contributed by atoms with E-state index in [1.165, 1.54) is 23.3 Å². The van der Waals surface area contributed by atoms with Gasteiger partial charge in [0.1, 0.15) is 10.7 Å². The predicted molar refractivity (Wildman–Crippen MR) is 72.2 cm³/mol. The van der Waals surface area contributed by atoms with Crippen LogP contribution in [0.4, 0.5) is 0 Å². The lowest BCUT2D eigenvalue weighted by Gasteiger charge is -2.12. The molecule has 0 bridgehead atoms. The van der Waals surface area contributed by atoms with Gasteiger partial charge in [0, 0.05) is 24.4 Å². The lowest BCUT2D eigenvalue weighted by Crippen LogP contribution is -2.25. The molecule has 3 heterocycles. The fourth-order valence-electron chi connectivity index (χ4n) is 2.78. The number of fused-ring (bicyclic) bond motifs is 3. The van der Waals surface area contributed by atoms with E-state index in [1.807, 2.05) is 7.05 Å². The van der Waals surface area contributed by atoms with Crippen LogP contribution in [0.3, 0.4) is 0 Å². The minimum absolute atomic E-state index is 0.154. The van der Waals surface area contributed by atoms with Crippen LogP contribution in [0, 0.1) is 0 Å². The molecule has 0 unspecified atom stereocenters. The van der Waals surface area contributed by atoms with Gasteiger partial charge in [0.15, 0.2) is 0 Å². The molecule has 2 aromatic rings. The first kappa shape index (κ1) is 10.7. The molecule has 1 aliphatic heterocycles. The van der Waals surface area contributed by atoms with Crippen LogP contribution in [0.1, 0.15) is 35.0 Å². The van der Waals surface area contributed by atoms with Gasteiger partial charge in [0.05, 0.1) is 5.39 Å². The topological polar surface area (TPSA) is 46.9 Å². The zero-order valence-corrected chi connectivity index (χ0v) is 11.1. The zero-order chi connectivity index (χ0) is 12.3. The summed E-state index contributed by atoms with van der Waals surface area (Å²) < 4.78 is 1.77. The molecule has 2 aliphatic rings. The number of hydrogen-bond acceptors (Lipinski definition) is 4. The fourth-order valence-corrected chi connectivity index (χ4v) is 3.96. The van der Waals surface area contributed by atoms with Crippen molar-refractivity contribution in [3.05, 3.63) is 26.6 Å². The predicted octanol–water partition coefficient (Wildman–Crippen LogP) is 1.52. The first-order valence-corrected chi connectivity index (χ1v) is 7.29. The number of hydrogen-bond donors (Lipinski definition) is 1. The van der Waals surface area contributed by atoms with E-state index in [0.717, 1.165) is 35.6 Å². The Morgan fingerprint density at radius 1 is 1.44 bits per heavy atom. The third-order valence-electron chi connectivity index (χ3n) is 3.93. The van der Waals surface area contributed by atoms with Crippen LogP contribution < -0.4 is 10.9 Å². The summed E-state index contributed by atoms with van der Waals surface area (Å²) in [5.41, 5.74) is 1.39. The molecule has 0 spiro atoms. The maximum atomic E-state index is 12.5. The number of nitrogens with one attached hydrogen (secondary N) is 1. The third kappa shape index (κ3) is 1.40. The Balaban J connectivity index is 2.06. The van der Waals surface area contributed by atoms with E-state index in [4.69, 9.17) is 4.98 Å². The summed E-state index contributed by atoms with van der Waals surface area (Å²) >= 11 is 1.69. The van der Waals surface area contributed by atoms with Crippen LogP contribution in [0.15, 0.2) is 4.79 Å². The molecule has 0 radical (unpaired) electrons. The largest absolute Gasteiger partial charge is 0.312 e. The molecule has 1 saturated carbocycles. The first-order valence-electron chi connectivity index (χ1n) is 6.47. The molecule has 0 aromatic carbocycles. The van der Waals surface area contributed by atoms with Crippen molar-refractivity contribution in [2.24, 2.45) is 7.05 Å². The van der Waals surface area contributed by atoms with E-state index in [1.54, 1.807) is 15.9 Å². The molecule has 1 aliphatic carbocycles. The van der Waals surface area contributed by atoms with Gasteiger partial charge < -0.3 is 5.32 Å². The Labute approximate surface area is 109 Å². The van der Waals surface area contributed by atoms with Gasteiger partial charge in [-0.15, -0.1) is 11.3 Å². The van der Waals surface area contributed by atoms with Crippen molar-refractivity contribution in [3.8, 4) is 0 Å². The van der Waals surface area contributed by atoms with Crippen molar-refractivity contribution in [1.82, 2.24) is 14.9 Å². The van der Waals surface area contributed by atoms with E-state index < -0.39 is 0 Å². The SMILES string of the molecule is Cn1c(C2CC2)nc2sc3c(c2c1=O)CCNC3. The molecule has 5 heteroatoms. The second-order valence-corrected chi connectivity index (χ2v) is 6.30. The van der Waals surface area contributed by atoms with Crippen molar-refractivity contribution in [2.45, 2.75) is 31.7 Å². The average molecular weight is 261 g/mol. The monoisotopic (exact) mass is 261 g/mol. The van der Waals surface area contributed by atoms with Gasteiger partial charge in [-0.2, -0.15) is 0 Å².